The number of benzene rings is 1. The average Bonchev–Trinajstić information content (AvgIpc) is 3.28. The van der Waals surface area contributed by atoms with Gasteiger partial charge in [0.1, 0.15) is 11.3 Å². The van der Waals surface area contributed by atoms with E-state index in [1.165, 1.54) is 37.8 Å². The highest BCUT2D eigenvalue weighted by Crippen LogP contribution is 2.51. The number of hydrogen-bond acceptors (Lipinski definition) is 9. The number of carbonyl (C=O) groups excluding carboxylic acids is 1. The minimum absolute atomic E-state index is 0.0922. The summed E-state index contributed by atoms with van der Waals surface area (Å²) in [6.07, 6.45) is 4.01. The Morgan fingerprint density at radius 3 is 2.88 bits per heavy atom. The molecule has 0 bridgehead atoms. The second kappa shape index (κ2) is 8.33. The molecule has 0 fully saturated rings. The van der Waals surface area contributed by atoms with Gasteiger partial charge in [-0.15, -0.1) is 0 Å². The number of fused-ring (bicyclic) bond motifs is 1. The minimum Gasteiger partial charge on any atom is -0.505 e. The molecule has 3 heterocycles. The molecular weight excluding hydrogens is 441 g/mol. The molecule has 0 saturated carbocycles. The predicted octanol–water partition coefficient (Wildman–Crippen LogP) is 0.791. The van der Waals surface area contributed by atoms with Gasteiger partial charge < -0.3 is 29.8 Å². The molecule has 0 spiro atoms. The van der Waals surface area contributed by atoms with Gasteiger partial charge in [-0.1, -0.05) is 0 Å². The largest absolute Gasteiger partial charge is 0.505 e. The van der Waals surface area contributed by atoms with E-state index in [4.69, 9.17) is 19.4 Å². The summed E-state index contributed by atoms with van der Waals surface area (Å²) < 4.78 is 34.1. The molecule has 4 N–H and O–H groups in total. The third kappa shape index (κ3) is 4.01. The van der Waals surface area contributed by atoms with E-state index in [1.54, 1.807) is 6.07 Å². The number of anilines is 1. The summed E-state index contributed by atoms with van der Waals surface area (Å²) in [5.41, 5.74) is 5.21. The summed E-state index contributed by atoms with van der Waals surface area (Å²) in [6, 6.07) is 6.11. The quantitative estimate of drug-likeness (QED) is 0.432. The van der Waals surface area contributed by atoms with Gasteiger partial charge in [0.15, 0.2) is 18.2 Å². The molecule has 1 atom stereocenters. The SMILES string of the molecule is COP1(=O)N=C(c2c(O)cnn(Cc3ccoc3)c2=O)Nc2ccc(OCC(N)=O)cc21. The molecule has 1 unspecified atom stereocenters. The fourth-order valence-corrected chi connectivity index (χ4v) is 4.58. The number of furan rings is 1. The van der Waals surface area contributed by atoms with E-state index in [9.17, 15) is 19.3 Å². The molecule has 1 aromatic carbocycles. The van der Waals surface area contributed by atoms with Gasteiger partial charge in [0.2, 0.25) is 0 Å². The number of nitrogens with one attached hydrogen (secondary N) is 1. The standard InChI is InChI=1S/C19H18N5O7P/c1-29-32(28)15-6-12(31-10-16(20)26)2-3-13(15)22-18(23-32)17-14(25)7-21-24(19(17)27)8-11-4-5-30-9-11/h2-7,9,25H,8,10H2,1H3,(H2,20,26)(H,22,23,28). The Bertz CT molecular complexity index is 1320. The number of amidine groups is 1. The first kappa shape index (κ1) is 21.3. The zero-order valence-corrected chi connectivity index (χ0v) is 17.6. The maximum absolute atomic E-state index is 13.4. The second-order valence-electron chi connectivity index (χ2n) is 6.71. The van der Waals surface area contributed by atoms with Gasteiger partial charge in [-0.05, 0) is 24.3 Å². The lowest BCUT2D eigenvalue weighted by Gasteiger charge is -2.24. The summed E-state index contributed by atoms with van der Waals surface area (Å²) in [5.74, 6) is -1.03. The van der Waals surface area contributed by atoms with Crippen LogP contribution in [0.4, 0.5) is 5.69 Å². The molecule has 1 amide bonds. The van der Waals surface area contributed by atoms with Crippen molar-refractivity contribution in [1.82, 2.24) is 9.78 Å². The van der Waals surface area contributed by atoms with Crippen molar-refractivity contribution in [3.63, 3.8) is 0 Å². The maximum Gasteiger partial charge on any atom is 0.348 e. The predicted molar refractivity (Wildman–Crippen MR) is 114 cm³/mol. The van der Waals surface area contributed by atoms with Crippen molar-refractivity contribution in [2.75, 3.05) is 19.0 Å². The van der Waals surface area contributed by atoms with E-state index < -0.39 is 24.7 Å². The number of rotatable bonds is 7. The van der Waals surface area contributed by atoms with Crippen LogP contribution in [0.25, 0.3) is 0 Å². The van der Waals surface area contributed by atoms with Crippen molar-refractivity contribution < 1.29 is 28.1 Å². The first-order valence-electron chi connectivity index (χ1n) is 9.20. The molecule has 32 heavy (non-hydrogen) atoms. The summed E-state index contributed by atoms with van der Waals surface area (Å²) in [5, 5.41) is 17.3. The summed E-state index contributed by atoms with van der Waals surface area (Å²) in [7, 11) is -2.65. The normalized spacial score (nSPS) is 17.2. The second-order valence-corrected chi connectivity index (χ2v) is 8.80. The topological polar surface area (TPSA) is 171 Å². The minimum atomic E-state index is -3.86. The molecule has 4 rings (SSSR count). The average molecular weight is 459 g/mol. The highest BCUT2D eigenvalue weighted by atomic mass is 31.2. The van der Waals surface area contributed by atoms with Gasteiger partial charge in [-0.2, -0.15) is 9.86 Å². The number of aromatic hydroxyl groups is 1. The highest BCUT2D eigenvalue weighted by Gasteiger charge is 2.35. The molecule has 13 heteroatoms. The molecule has 1 aliphatic rings. The lowest BCUT2D eigenvalue weighted by molar-refractivity contribution is -0.119. The van der Waals surface area contributed by atoms with Crippen LogP contribution in [0.3, 0.4) is 0 Å². The highest BCUT2D eigenvalue weighted by molar-refractivity contribution is 7.66. The van der Waals surface area contributed by atoms with Gasteiger partial charge >= 0.3 is 7.52 Å². The van der Waals surface area contributed by atoms with Crippen LogP contribution >= 0.6 is 7.52 Å². The zero-order valence-electron chi connectivity index (χ0n) is 16.7. The monoisotopic (exact) mass is 459 g/mol. The van der Waals surface area contributed by atoms with Crippen molar-refractivity contribution >= 4 is 30.3 Å². The molecule has 2 aromatic heterocycles. The zero-order chi connectivity index (χ0) is 22.9. The van der Waals surface area contributed by atoms with E-state index in [-0.39, 0.29) is 35.6 Å². The van der Waals surface area contributed by atoms with Crippen LogP contribution in [0.15, 0.2) is 57.0 Å². The van der Waals surface area contributed by atoms with Crippen LogP contribution in [0.5, 0.6) is 11.5 Å². The number of ether oxygens (including phenoxy) is 1. The number of aromatic nitrogens is 2. The molecule has 0 aliphatic carbocycles. The lowest BCUT2D eigenvalue weighted by atomic mass is 10.2. The molecule has 0 saturated heterocycles. The molecule has 166 valence electrons. The number of amides is 1. The Kier molecular flexibility index (Phi) is 5.56. The van der Waals surface area contributed by atoms with Crippen LogP contribution in [-0.2, 0) is 20.4 Å². The van der Waals surface area contributed by atoms with E-state index in [0.717, 1.165) is 10.9 Å². The van der Waals surface area contributed by atoms with Crippen LogP contribution in [-0.4, -0.2) is 40.3 Å². The van der Waals surface area contributed by atoms with Crippen LogP contribution < -0.4 is 26.7 Å². The van der Waals surface area contributed by atoms with Crippen molar-refractivity contribution in [2.45, 2.75) is 6.54 Å². The van der Waals surface area contributed by atoms with Crippen molar-refractivity contribution in [2.24, 2.45) is 10.5 Å². The number of hydrogen-bond donors (Lipinski definition) is 3. The van der Waals surface area contributed by atoms with Crippen LogP contribution in [0.1, 0.15) is 11.1 Å². The molecule has 12 nitrogen and oxygen atoms in total. The third-order valence-electron chi connectivity index (χ3n) is 4.56. The van der Waals surface area contributed by atoms with Crippen LogP contribution in [0, 0.1) is 0 Å². The Morgan fingerprint density at radius 2 is 2.19 bits per heavy atom. The Morgan fingerprint density at radius 1 is 1.38 bits per heavy atom. The van der Waals surface area contributed by atoms with Gasteiger partial charge in [-0.25, -0.2) is 4.68 Å². The first-order chi connectivity index (χ1) is 15.3. The van der Waals surface area contributed by atoms with Crippen molar-refractivity contribution in [3.05, 3.63) is 64.5 Å². The molecule has 3 aromatic rings. The number of nitrogens with two attached hydrogens (primary N) is 1. The van der Waals surface area contributed by atoms with Crippen molar-refractivity contribution in [1.29, 1.82) is 0 Å². The van der Waals surface area contributed by atoms with Gasteiger partial charge in [0.25, 0.3) is 11.5 Å². The maximum atomic E-state index is 13.4. The summed E-state index contributed by atoms with van der Waals surface area (Å²) >= 11 is 0. The molecule has 1 aliphatic heterocycles. The lowest BCUT2D eigenvalue weighted by Crippen LogP contribution is -2.34. The summed E-state index contributed by atoms with van der Waals surface area (Å²) in [6.45, 7) is -0.270. The first-order valence-corrected chi connectivity index (χ1v) is 10.8. The fraction of sp³-hybridized carbons (Fsp3) is 0.158. The molecule has 0 radical (unpaired) electrons. The van der Waals surface area contributed by atoms with E-state index in [2.05, 4.69) is 15.2 Å². The molecular formula is C19H18N5O7P. The van der Waals surface area contributed by atoms with E-state index >= 15 is 0 Å². The van der Waals surface area contributed by atoms with Gasteiger partial charge in [0, 0.05) is 12.7 Å². The summed E-state index contributed by atoms with van der Waals surface area (Å²) in [4.78, 5) is 24.0. The van der Waals surface area contributed by atoms with E-state index in [1.807, 2.05) is 0 Å². The smallest absolute Gasteiger partial charge is 0.348 e. The van der Waals surface area contributed by atoms with Crippen molar-refractivity contribution in [3.8, 4) is 11.5 Å². The van der Waals surface area contributed by atoms with Gasteiger partial charge in [0.05, 0.1) is 36.3 Å². The van der Waals surface area contributed by atoms with Crippen LogP contribution in [0.2, 0.25) is 0 Å². The van der Waals surface area contributed by atoms with E-state index in [0.29, 0.717) is 11.3 Å². The van der Waals surface area contributed by atoms with Gasteiger partial charge in [-0.3, -0.25) is 14.2 Å². The Hall–Kier alpha value is -3.89. The fourth-order valence-electron chi connectivity index (χ4n) is 3.06. The number of carbonyl (C=O) groups is 1. The Balaban J connectivity index is 1.75. The number of nitrogens with zero attached hydrogens (tertiary/aromatic N) is 3. The third-order valence-corrected chi connectivity index (χ3v) is 6.50. The Labute approximate surface area is 180 Å². The number of primary amides is 1.